The van der Waals surface area contributed by atoms with E-state index in [0.717, 1.165) is 36.9 Å². The van der Waals surface area contributed by atoms with E-state index >= 15 is 0 Å². The van der Waals surface area contributed by atoms with E-state index in [1.54, 1.807) is 4.52 Å². The average molecular weight is 484 g/mol. The highest BCUT2D eigenvalue weighted by Crippen LogP contribution is 2.41. The maximum atomic E-state index is 12.9. The van der Waals surface area contributed by atoms with Crippen LogP contribution >= 0.6 is 0 Å². The minimum absolute atomic E-state index is 0.260. The van der Waals surface area contributed by atoms with Crippen molar-refractivity contribution >= 4 is 15.8 Å². The van der Waals surface area contributed by atoms with Gasteiger partial charge in [0.1, 0.15) is 4.90 Å². The minimum Gasteiger partial charge on any atom is -0.282 e. The molecule has 11 heteroatoms. The summed E-state index contributed by atoms with van der Waals surface area (Å²) in [5.41, 5.74) is 2.33. The Balaban J connectivity index is 1.58. The molecule has 4 aromatic rings. The van der Waals surface area contributed by atoms with Crippen LogP contribution in [0.2, 0.25) is 0 Å². The number of nitrogens with zero attached hydrogens (tertiary/aromatic N) is 4. The lowest BCUT2D eigenvalue weighted by atomic mass is 10.1. The van der Waals surface area contributed by atoms with Crippen molar-refractivity contribution in [2.24, 2.45) is 0 Å². The molecule has 1 fully saturated rings. The van der Waals surface area contributed by atoms with Gasteiger partial charge in [-0.2, -0.15) is 26.7 Å². The van der Waals surface area contributed by atoms with Crippen molar-refractivity contribution in [2.45, 2.75) is 29.8 Å². The van der Waals surface area contributed by atoms with E-state index in [2.05, 4.69) is 26.9 Å². The summed E-state index contributed by atoms with van der Waals surface area (Å²) in [5.74, 6) is 5.96. The highest BCUT2D eigenvalue weighted by molar-refractivity contribution is 7.85. The van der Waals surface area contributed by atoms with Crippen LogP contribution < -0.4 is 0 Å². The Morgan fingerprint density at radius 1 is 1.03 bits per heavy atom. The maximum absolute atomic E-state index is 12.9. The third kappa shape index (κ3) is 4.37. The molecule has 0 unspecified atom stereocenters. The fraction of sp³-hybridized carbons (Fsp3) is 0.174. The first-order valence-corrected chi connectivity index (χ1v) is 11.5. The molecule has 0 amide bonds. The highest BCUT2D eigenvalue weighted by Gasteiger charge is 2.31. The van der Waals surface area contributed by atoms with Gasteiger partial charge < -0.3 is 0 Å². The molecule has 1 aliphatic carbocycles. The molecule has 0 atom stereocenters. The second-order valence-electron chi connectivity index (χ2n) is 7.84. The van der Waals surface area contributed by atoms with E-state index in [1.807, 2.05) is 6.07 Å². The number of aromatic nitrogens is 4. The molecule has 0 aliphatic heterocycles. The standard InChI is InChI=1S/C23H15F3N4O3S/c24-23(25,26)18-7-5-15(6-8-18)20-10-21(16-3-4-16)30-22(29-20)17(12-28-30)2-1-14-9-19(13-27-11-14)34(31,32)33/h5-13,16H,3-4H2,(H,31,32,33). The van der Waals surface area contributed by atoms with Crippen molar-refractivity contribution in [2.75, 3.05) is 0 Å². The van der Waals surface area contributed by atoms with E-state index < -0.39 is 21.9 Å². The van der Waals surface area contributed by atoms with Gasteiger partial charge in [-0.05, 0) is 37.1 Å². The minimum atomic E-state index is -4.43. The summed E-state index contributed by atoms with van der Waals surface area (Å²) in [7, 11) is -4.42. The monoisotopic (exact) mass is 484 g/mol. The summed E-state index contributed by atoms with van der Waals surface area (Å²) >= 11 is 0. The van der Waals surface area contributed by atoms with Gasteiger partial charge in [0.15, 0.2) is 5.65 Å². The second-order valence-corrected chi connectivity index (χ2v) is 9.27. The molecule has 0 spiro atoms. The summed E-state index contributed by atoms with van der Waals surface area (Å²) in [4.78, 5) is 8.00. The third-order valence-corrected chi connectivity index (χ3v) is 6.17. The summed E-state index contributed by atoms with van der Waals surface area (Å²) < 4.78 is 72.3. The Labute approximate surface area is 192 Å². The van der Waals surface area contributed by atoms with Crippen molar-refractivity contribution in [1.29, 1.82) is 0 Å². The van der Waals surface area contributed by atoms with Crippen molar-refractivity contribution in [3.05, 3.63) is 77.4 Å². The van der Waals surface area contributed by atoms with Crippen molar-refractivity contribution in [1.82, 2.24) is 19.6 Å². The van der Waals surface area contributed by atoms with Crippen LogP contribution in [0.5, 0.6) is 0 Å². The lowest BCUT2D eigenvalue weighted by Crippen LogP contribution is -2.04. The highest BCUT2D eigenvalue weighted by atomic mass is 32.2. The fourth-order valence-corrected chi connectivity index (χ4v) is 3.96. The zero-order chi connectivity index (χ0) is 24.1. The van der Waals surface area contributed by atoms with E-state index in [1.165, 1.54) is 30.6 Å². The van der Waals surface area contributed by atoms with Gasteiger partial charge in [0, 0.05) is 35.1 Å². The molecular weight excluding hydrogens is 469 g/mol. The Morgan fingerprint density at radius 3 is 2.41 bits per heavy atom. The molecule has 7 nitrogen and oxygen atoms in total. The molecule has 172 valence electrons. The van der Waals surface area contributed by atoms with Crippen LogP contribution in [0.15, 0.2) is 59.9 Å². The number of rotatable bonds is 3. The SMILES string of the molecule is O=S(=O)(O)c1cncc(C#Cc2cnn3c(C4CC4)cc(-c4ccc(C(F)(F)F)cc4)nc23)c1. The van der Waals surface area contributed by atoms with Crippen molar-refractivity contribution in [3.63, 3.8) is 0 Å². The van der Waals surface area contributed by atoms with Crippen molar-refractivity contribution < 1.29 is 26.1 Å². The van der Waals surface area contributed by atoms with Gasteiger partial charge in [-0.25, -0.2) is 9.50 Å². The van der Waals surface area contributed by atoms with Gasteiger partial charge in [0.2, 0.25) is 0 Å². The number of hydrogen-bond donors (Lipinski definition) is 1. The first-order chi connectivity index (χ1) is 16.1. The van der Waals surface area contributed by atoms with Crippen LogP contribution in [0.3, 0.4) is 0 Å². The Kier molecular flexibility index (Phi) is 5.15. The predicted molar refractivity (Wildman–Crippen MR) is 115 cm³/mol. The topological polar surface area (TPSA) is 97.5 Å². The molecule has 0 bridgehead atoms. The van der Waals surface area contributed by atoms with Gasteiger partial charge in [0.25, 0.3) is 10.1 Å². The maximum Gasteiger partial charge on any atom is 0.416 e. The number of alkyl halides is 3. The predicted octanol–water partition coefficient (Wildman–Crippen LogP) is 4.33. The molecule has 1 saturated carbocycles. The zero-order valence-electron chi connectivity index (χ0n) is 17.3. The molecule has 0 saturated heterocycles. The Morgan fingerprint density at radius 2 is 1.76 bits per heavy atom. The Hall–Kier alpha value is -3.75. The molecule has 1 N–H and O–H groups in total. The molecular formula is C23H15F3N4O3S. The third-order valence-electron chi connectivity index (χ3n) is 5.36. The molecule has 3 aromatic heterocycles. The summed E-state index contributed by atoms with van der Waals surface area (Å²) in [6.45, 7) is 0. The van der Waals surface area contributed by atoms with Crippen LogP contribution in [0.25, 0.3) is 16.9 Å². The molecule has 3 heterocycles. The summed E-state index contributed by atoms with van der Waals surface area (Å²) in [5, 5.41) is 4.38. The number of fused-ring (bicyclic) bond motifs is 1. The van der Waals surface area contributed by atoms with E-state index in [9.17, 15) is 26.1 Å². The lowest BCUT2D eigenvalue weighted by molar-refractivity contribution is -0.137. The van der Waals surface area contributed by atoms with E-state index in [-0.39, 0.29) is 16.4 Å². The number of pyridine rings is 1. The van der Waals surface area contributed by atoms with Crippen LogP contribution in [0, 0.1) is 11.8 Å². The number of benzene rings is 1. The molecule has 1 aliphatic rings. The van der Waals surface area contributed by atoms with Crippen LogP contribution in [-0.2, 0) is 16.3 Å². The first kappa shape index (κ1) is 22.1. The molecule has 34 heavy (non-hydrogen) atoms. The zero-order valence-corrected chi connectivity index (χ0v) is 18.1. The van der Waals surface area contributed by atoms with E-state index in [4.69, 9.17) is 0 Å². The fourth-order valence-electron chi connectivity index (χ4n) is 3.49. The first-order valence-electron chi connectivity index (χ1n) is 10.1. The normalized spacial score (nSPS) is 14.1. The van der Waals surface area contributed by atoms with Crippen molar-refractivity contribution in [3.8, 4) is 23.1 Å². The number of halogens is 3. The molecule has 5 rings (SSSR count). The number of hydrogen-bond acceptors (Lipinski definition) is 5. The van der Waals surface area contributed by atoms with Gasteiger partial charge >= 0.3 is 6.18 Å². The second kappa shape index (κ2) is 7.93. The van der Waals surface area contributed by atoms with Gasteiger partial charge in [-0.1, -0.05) is 24.0 Å². The van der Waals surface area contributed by atoms with Crippen LogP contribution in [0.4, 0.5) is 13.2 Å². The van der Waals surface area contributed by atoms with Crippen LogP contribution in [-0.4, -0.2) is 32.6 Å². The van der Waals surface area contributed by atoms with E-state index in [0.29, 0.717) is 22.5 Å². The summed E-state index contributed by atoms with van der Waals surface area (Å²) in [6.07, 6.45) is 1.41. The molecule has 0 radical (unpaired) electrons. The van der Waals surface area contributed by atoms with Gasteiger partial charge in [-0.3, -0.25) is 9.54 Å². The largest absolute Gasteiger partial charge is 0.416 e. The quantitative estimate of drug-likeness (QED) is 0.343. The van der Waals surface area contributed by atoms with Gasteiger partial charge in [0.05, 0.1) is 23.0 Å². The lowest BCUT2D eigenvalue weighted by Gasteiger charge is -2.10. The van der Waals surface area contributed by atoms with Gasteiger partial charge in [-0.15, -0.1) is 0 Å². The smallest absolute Gasteiger partial charge is 0.282 e. The van der Waals surface area contributed by atoms with Crippen LogP contribution in [0.1, 0.15) is 41.1 Å². The average Bonchev–Trinajstić information content (AvgIpc) is 3.56. The molecule has 1 aromatic carbocycles. The Bertz CT molecular complexity index is 1580. The summed E-state index contributed by atoms with van der Waals surface area (Å²) in [6, 6.07) is 7.82.